The maximum absolute atomic E-state index is 4.35. The van der Waals surface area contributed by atoms with Crippen molar-refractivity contribution in [2.75, 3.05) is 9.80 Å². The van der Waals surface area contributed by atoms with Gasteiger partial charge in [0.2, 0.25) is 0 Å². The number of nitrogens with zero attached hydrogens (tertiary/aromatic N) is 4. The molecule has 0 fully saturated rings. The van der Waals surface area contributed by atoms with Gasteiger partial charge in [0.05, 0.1) is 16.9 Å². The molecule has 0 radical (unpaired) electrons. The molecule has 4 nitrogen and oxygen atoms in total. The van der Waals surface area contributed by atoms with Crippen molar-refractivity contribution in [3.8, 4) is 33.4 Å². The Morgan fingerprint density at radius 2 is 0.945 bits per heavy atom. The highest BCUT2D eigenvalue weighted by Gasteiger charge is 2.26. The summed E-state index contributed by atoms with van der Waals surface area (Å²) in [5.74, 6) is 0. The Morgan fingerprint density at radius 1 is 0.418 bits per heavy atom. The predicted octanol–water partition coefficient (Wildman–Crippen LogP) is 14.0. The first-order chi connectivity index (χ1) is 27.2. The second-order valence-electron chi connectivity index (χ2n) is 13.6. The van der Waals surface area contributed by atoms with Crippen molar-refractivity contribution in [2.24, 2.45) is 0 Å². The number of aromatic nitrogens is 2. The summed E-state index contributed by atoms with van der Waals surface area (Å²) < 4.78 is 0. The maximum atomic E-state index is 4.35. The summed E-state index contributed by atoms with van der Waals surface area (Å²) in [5, 5.41) is 1.04. The van der Waals surface area contributed by atoms with Crippen LogP contribution in [0.25, 0.3) is 44.3 Å². The van der Waals surface area contributed by atoms with E-state index in [1.54, 1.807) is 6.33 Å². The Kier molecular flexibility index (Phi) is 8.39. The lowest BCUT2D eigenvalue weighted by Crippen LogP contribution is -2.16. The zero-order valence-corrected chi connectivity index (χ0v) is 30.6. The van der Waals surface area contributed by atoms with Crippen LogP contribution in [0.5, 0.6) is 0 Å². The molecule has 0 N–H and O–H groups in total. The lowest BCUT2D eigenvalue weighted by molar-refractivity contribution is 1.16. The molecule has 0 saturated heterocycles. The van der Waals surface area contributed by atoms with Crippen molar-refractivity contribution in [1.82, 2.24) is 9.97 Å². The first-order valence-electron chi connectivity index (χ1n) is 18.4. The van der Waals surface area contributed by atoms with Crippen molar-refractivity contribution in [1.29, 1.82) is 0 Å². The van der Waals surface area contributed by atoms with Crippen LogP contribution in [0.3, 0.4) is 0 Å². The zero-order valence-electron chi connectivity index (χ0n) is 29.8. The van der Waals surface area contributed by atoms with Crippen molar-refractivity contribution < 1.29 is 0 Å². The Labute approximate surface area is 325 Å². The van der Waals surface area contributed by atoms with Crippen molar-refractivity contribution in [3.63, 3.8) is 0 Å². The molecule has 0 amide bonds. The van der Waals surface area contributed by atoms with E-state index >= 15 is 0 Å². The van der Waals surface area contributed by atoms with Gasteiger partial charge in [-0.25, -0.2) is 9.97 Å². The molecule has 0 saturated carbocycles. The van der Waals surface area contributed by atoms with Gasteiger partial charge in [-0.2, -0.15) is 0 Å². The van der Waals surface area contributed by atoms with Crippen LogP contribution in [0.15, 0.2) is 216 Å². The summed E-state index contributed by atoms with van der Waals surface area (Å²) in [4.78, 5) is 15.7. The van der Waals surface area contributed by atoms with Gasteiger partial charge in [-0.15, -0.1) is 0 Å². The van der Waals surface area contributed by atoms with Crippen molar-refractivity contribution in [3.05, 3.63) is 207 Å². The third-order valence-electron chi connectivity index (χ3n) is 10.2. The fraction of sp³-hybridized carbons (Fsp3) is 0. The fourth-order valence-corrected chi connectivity index (χ4v) is 8.53. The van der Waals surface area contributed by atoms with E-state index in [1.807, 2.05) is 18.0 Å². The van der Waals surface area contributed by atoms with Gasteiger partial charge in [0, 0.05) is 44.1 Å². The first kappa shape index (κ1) is 32.7. The van der Waals surface area contributed by atoms with E-state index in [2.05, 4.69) is 214 Å². The van der Waals surface area contributed by atoms with E-state index < -0.39 is 0 Å². The molecule has 1 aliphatic rings. The highest BCUT2D eigenvalue weighted by atomic mass is 32.2. The van der Waals surface area contributed by atoms with Gasteiger partial charge < -0.3 is 9.80 Å². The van der Waals surface area contributed by atoms with Crippen LogP contribution in [0.2, 0.25) is 0 Å². The van der Waals surface area contributed by atoms with Crippen LogP contribution in [0.1, 0.15) is 0 Å². The molecule has 55 heavy (non-hydrogen) atoms. The number of anilines is 6. The zero-order chi connectivity index (χ0) is 36.6. The lowest BCUT2D eigenvalue weighted by atomic mass is 9.97. The van der Waals surface area contributed by atoms with Crippen LogP contribution in [0.4, 0.5) is 34.1 Å². The molecule has 8 aromatic carbocycles. The second kappa shape index (κ2) is 14.1. The second-order valence-corrected chi connectivity index (χ2v) is 14.6. The van der Waals surface area contributed by atoms with E-state index in [0.29, 0.717) is 0 Å². The molecule has 0 bridgehead atoms. The summed E-state index contributed by atoms with van der Waals surface area (Å²) in [6, 6.07) is 69.6. The molecule has 5 heteroatoms. The van der Waals surface area contributed by atoms with Crippen LogP contribution < -0.4 is 9.80 Å². The van der Waals surface area contributed by atoms with E-state index in [-0.39, 0.29) is 0 Å². The average molecular weight is 723 g/mol. The minimum absolute atomic E-state index is 0.954. The molecule has 0 atom stereocenters. The van der Waals surface area contributed by atoms with Crippen LogP contribution in [0, 0.1) is 0 Å². The van der Waals surface area contributed by atoms with E-state index in [4.69, 9.17) is 0 Å². The molecule has 9 aromatic rings. The summed E-state index contributed by atoms with van der Waals surface area (Å²) in [5.41, 5.74) is 14.9. The maximum Gasteiger partial charge on any atom is 0.116 e. The largest absolute Gasteiger partial charge is 0.310 e. The molecule has 0 spiro atoms. The number of hydrogen-bond donors (Lipinski definition) is 0. The minimum atomic E-state index is 0.954. The number of para-hydroxylation sites is 3. The molecule has 260 valence electrons. The molecular weight excluding hydrogens is 689 g/mol. The van der Waals surface area contributed by atoms with Gasteiger partial charge in [-0.05, 0) is 112 Å². The van der Waals surface area contributed by atoms with Crippen LogP contribution in [-0.4, -0.2) is 9.97 Å². The van der Waals surface area contributed by atoms with Crippen molar-refractivity contribution >= 4 is 56.8 Å². The Balaban J connectivity index is 0.929. The van der Waals surface area contributed by atoms with E-state index in [0.717, 1.165) is 39.2 Å². The molecule has 10 rings (SSSR count). The summed E-state index contributed by atoms with van der Waals surface area (Å²) in [6.07, 6.45) is 3.45. The van der Waals surface area contributed by atoms with Crippen LogP contribution >= 0.6 is 11.8 Å². The lowest BCUT2D eigenvalue weighted by Gasteiger charge is -2.34. The standard InChI is InChI=1S/C50H34N4S/c1-3-9-42(10-4-1)53(45-28-30-48-50(32-45)55-49-14-8-7-13-47(49)54(48)43-11-5-2-6-12-43)44-26-23-38(24-27-44)37-17-15-35(16-18-37)36-19-21-39(22-20-36)40-25-29-46-41(31-40)33-51-34-52-46/h1-34H. The number of fused-ring (bicyclic) bond motifs is 3. The summed E-state index contributed by atoms with van der Waals surface area (Å²) >= 11 is 1.83. The average Bonchev–Trinajstić information content (AvgIpc) is 3.26. The number of benzene rings is 8. The van der Waals surface area contributed by atoms with Gasteiger partial charge >= 0.3 is 0 Å². The van der Waals surface area contributed by atoms with Gasteiger partial charge in [0.25, 0.3) is 0 Å². The van der Waals surface area contributed by atoms with Gasteiger partial charge in [-0.1, -0.05) is 127 Å². The third-order valence-corrected chi connectivity index (χ3v) is 11.3. The Hall–Kier alpha value is -6.95. The summed E-state index contributed by atoms with van der Waals surface area (Å²) in [6.45, 7) is 0. The topological polar surface area (TPSA) is 32.3 Å². The Morgan fingerprint density at radius 3 is 1.64 bits per heavy atom. The molecule has 2 heterocycles. The molecule has 0 aliphatic carbocycles. The normalized spacial score (nSPS) is 11.9. The highest BCUT2D eigenvalue weighted by molar-refractivity contribution is 7.99. The molecule has 1 aromatic heterocycles. The first-order valence-corrected chi connectivity index (χ1v) is 19.2. The minimum Gasteiger partial charge on any atom is -0.310 e. The fourth-order valence-electron chi connectivity index (χ4n) is 7.44. The monoisotopic (exact) mass is 722 g/mol. The number of hydrogen-bond acceptors (Lipinski definition) is 5. The Bertz CT molecular complexity index is 2770. The predicted molar refractivity (Wildman–Crippen MR) is 229 cm³/mol. The smallest absolute Gasteiger partial charge is 0.116 e. The molecule has 0 unspecified atom stereocenters. The van der Waals surface area contributed by atoms with Crippen molar-refractivity contribution in [2.45, 2.75) is 9.79 Å². The van der Waals surface area contributed by atoms with E-state index in [1.165, 1.54) is 49.0 Å². The van der Waals surface area contributed by atoms with Gasteiger partial charge in [0.1, 0.15) is 6.33 Å². The highest BCUT2D eigenvalue weighted by Crippen LogP contribution is 2.53. The van der Waals surface area contributed by atoms with Gasteiger partial charge in [0.15, 0.2) is 0 Å². The third kappa shape index (κ3) is 6.31. The quantitative estimate of drug-likeness (QED) is 0.164. The van der Waals surface area contributed by atoms with E-state index in [9.17, 15) is 0 Å². The van der Waals surface area contributed by atoms with Crippen LogP contribution in [-0.2, 0) is 0 Å². The molecule has 1 aliphatic heterocycles. The molecular formula is C50H34N4S. The number of rotatable bonds is 7. The SMILES string of the molecule is c1ccc(N(c2ccc(-c3ccc(-c4ccc(-c5ccc6ncncc6c5)cc4)cc3)cc2)c2ccc3c(c2)Sc2ccccc2N3c2ccccc2)cc1. The summed E-state index contributed by atoms with van der Waals surface area (Å²) in [7, 11) is 0. The van der Waals surface area contributed by atoms with Gasteiger partial charge in [-0.3, -0.25) is 0 Å².